The molecule has 3 atom stereocenters. The normalized spacial score (nSPS) is 47.7. The van der Waals surface area contributed by atoms with Gasteiger partial charge >= 0.3 is 0 Å². The van der Waals surface area contributed by atoms with Gasteiger partial charge in [0.25, 0.3) is 0 Å². The summed E-state index contributed by atoms with van der Waals surface area (Å²) in [7, 11) is 0. The molecule has 1 aliphatic carbocycles. The van der Waals surface area contributed by atoms with Crippen molar-refractivity contribution < 1.29 is 4.55 Å². The summed E-state index contributed by atoms with van der Waals surface area (Å²) in [5, 5.41) is 0.530. The summed E-state index contributed by atoms with van der Waals surface area (Å²) in [6, 6.07) is 0. The van der Waals surface area contributed by atoms with Crippen LogP contribution in [0.3, 0.4) is 0 Å². The predicted molar refractivity (Wildman–Crippen MR) is 47.9 cm³/mol. The van der Waals surface area contributed by atoms with Gasteiger partial charge in [-0.05, 0) is 30.4 Å². The van der Waals surface area contributed by atoms with Gasteiger partial charge in [0.1, 0.15) is 11.0 Å². The average molecular weight is 172 g/mol. The lowest BCUT2D eigenvalue weighted by Crippen LogP contribution is -2.31. The summed E-state index contributed by atoms with van der Waals surface area (Å²) >= 11 is -0.498. The van der Waals surface area contributed by atoms with E-state index < -0.39 is 11.2 Å². The van der Waals surface area contributed by atoms with E-state index in [9.17, 15) is 4.55 Å². The Balaban J connectivity index is 2.20. The lowest BCUT2D eigenvalue weighted by molar-refractivity contribution is 0.368. The predicted octanol–water partition coefficient (Wildman–Crippen LogP) is 1.94. The first-order valence-corrected chi connectivity index (χ1v) is 5.87. The summed E-state index contributed by atoms with van der Waals surface area (Å²) in [6.07, 6.45) is 3.83. The Morgan fingerprint density at radius 2 is 2.09 bits per heavy atom. The van der Waals surface area contributed by atoms with Gasteiger partial charge in [0.2, 0.25) is 0 Å². The zero-order valence-corrected chi connectivity index (χ0v) is 8.12. The van der Waals surface area contributed by atoms with Gasteiger partial charge in [-0.2, -0.15) is 0 Å². The number of rotatable bonds is 0. The quantitative estimate of drug-likeness (QED) is 0.512. The molecule has 1 heterocycles. The number of hydrogen-bond acceptors (Lipinski definition) is 1. The van der Waals surface area contributed by atoms with Gasteiger partial charge in [-0.3, -0.25) is 0 Å². The Hall–Kier alpha value is 0.310. The van der Waals surface area contributed by atoms with Crippen LogP contribution in [0.15, 0.2) is 0 Å². The Bertz CT molecular complexity index is 167. The van der Waals surface area contributed by atoms with E-state index in [0.717, 1.165) is 11.7 Å². The van der Waals surface area contributed by atoms with Crippen LogP contribution < -0.4 is 0 Å². The van der Waals surface area contributed by atoms with Crippen LogP contribution in [0.2, 0.25) is 0 Å². The van der Waals surface area contributed by atoms with E-state index >= 15 is 0 Å². The third kappa shape index (κ3) is 1.11. The second kappa shape index (κ2) is 2.40. The van der Waals surface area contributed by atoms with Crippen molar-refractivity contribution in [3.05, 3.63) is 0 Å². The van der Waals surface area contributed by atoms with Crippen LogP contribution >= 0.6 is 0 Å². The maximum Gasteiger partial charge on any atom is 0.123 e. The van der Waals surface area contributed by atoms with Crippen molar-refractivity contribution in [3.63, 3.8) is 0 Å². The first-order chi connectivity index (χ1) is 5.11. The second-order valence-electron chi connectivity index (χ2n) is 4.58. The van der Waals surface area contributed by atoms with Crippen LogP contribution in [0.4, 0.5) is 0 Å². The van der Waals surface area contributed by atoms with Crippen LogP contribution in [-0.2, 0) is 11.2 Å². The minimum Gasteiger partial charge on any atom is -0.616 e. The van der Waals surface area contributed by atoms with Crippen molar-refractivity contribution >= 4 is 11.2 Å². The molecular weight excluding hydrogens is 156 g/mol. The van der Waals surface area contributed by atoms with Crippen LogP contribution in [0.5, 0.6) is 0 Å². The molecule has 0 amide bonds. The monoisotopic (exact) mass is 172 g/mol. The van der Waals surface area contributed by atoms with Crippen LogP contribution in [0.25, 0.3) is 0 Å². The molecule has 2 heteroatoms. The second-order valence-corrected chi connectivity index (χ2v) is 6.26. The van der Waals surface area contributed by atoms with Crippen LogP contribution in [0, 0.1) is 11.3 Å². The molecule has 1 saturated heterocycles. The fraction of sp³-hybridized carbons (Fsp3) is 1.00. The highest BCUT2D eigenvalue weighted by molar-refractivity contribution is 7.92. The first kappa shape index (κ1) is 7.93. The highest BCUT2D eigenvalue weighted by Gasteiger charge is 2.52. The number of fused-ring (bicyclic) bond motifs is 1. The topological polar surface area (TPSA) is 23.1 Å². The molecule has 0 aromatic carbocycles. The third-order valence-corrected chi connectivity index (χ3v) is 5.56. The molecule has 2 rings (SSSR count). The average Bonchev–Trinajstić information content (AvgIpc) is 2.38. The first-order valence-electron chi connectivity index (χ1n) is 4.48. The largest absolute Gasteiger partial charge is 0.616 e. The SMILES string of the molecule is CC1(C)CCC2CC[S+]([O-])C21. The smallest absolute Gasteiger partial charge is 0.123 e. The molecule has 64 valence electrons. The van der Waals surface area contributed by atoms with Crippen molar-refractivity contribution in [1.82, 2.24) is 0 Å². The van der Waals surface area contributed by atoms with E-state index in [0.29, 0.717) is 10.7 Å². The Morgan fingerprint density at radius 1 is 1.36 bits per heavy atom. The van der Waals surface area contributed by atoms with Gasteiger partial charge in [0, 0.05) is 11.3 Å². The lowest BCUT2D eigenvalue weighted by Gasteiger charge is -2.26. The van der Waals surface area contributed by atoms with E-state index in [4.69, 9.17) is 0 Å². The molecule has 2 fully saturated rings. The molecule has 0 bridgehead atoms. The molecule has 0 aromatic rings. The van der Waals surface area contributed by atoms with Gasteiger partial charge in [0.15, 0.2) is 0 Å². The molecule has 1 nitrogen and oxygen atoms in total. The Labute approximate surface area is 71.7 Å². The molecule has 0 radical (unpaired) electrons. The van der Waals surface area contributed by atoms with Crippen molar-refractivity contribution in [3.8, 4) is 0 Å². The minimum absolute atomic E-state index is 0.367. The van der Waals surface area contributed by atoms with Gasteiger partial charge in [0.05, 0.1) is 0 Å². The molecule has 3 unspecified atom stereocenters. The lowest BCUT2D eigenvalue weighted by atomic mass is 9.89. The zero-order valence-electron chi connectivity index (χ0n) is 7.30. The summed E-state index contributed by atoms with van der Waals surface area (Å²) < 4.78 is 11.6. The van der Waals surface area contributed by atoms with Crippen molar-refractivity contribution in [2.24, 2.45) is 11.3 Å². The summed E-state index contributed by atoms with van der Waals surface area (Å²) in [5.41, 5.74) is 0.367. The summed E-state index contributed by atoms with van der Waals surface area (Å²) in [4.78, 5) is 0. The summed E-state index contributed by atoms with van der Waals surface area (Å²) in [5.74, 6) is 1.77. The van der Waals surface area contributed by atoms with Gasteiger partial charge < -0.3 is 4.55 Å². The number of hydrogen-bond donors (Lipinski definition) is 0. The highest BCUT2D eigenvalue weighted by Crippen LogP contribution is 2.50. The fourth-order valence-electron chi connectivity index (χ4n) is 2.75. The molecule has 0 spiro atoms. The molecule has 0 N–H and O–H groups in total. The minimum atomic E-state index is -0.498. The van der Waals surface area contributed by atoms with Crippen molar-refractivity contribution in [2.75, 3.05) is 5.75 Å². The fourth-order valence-corrected chi connectivity index (χ4v) is 5.07. The maximum absolute atomic E-state index is 11.6. The van der Waals surface area contributed by atoms with E-state index in [1.165, 1.54) is 19.3 Å². The Morgan fingerprint density at radius 3 is 2.73 bits per heavy atom. The van der Waals surface area contributed by atoms with Crippen molar-refractivity contribution in [2.45, 2.75) is 38.4 Å². The zero-order chi connectivity index (χ0) is 8.06. The van der Waals surface area contributed by atoms with Crippen molar-refractivity contribution in [1.29, 1.82) is 0 Å². The molecule has 2 aliphatic rings. The van der Waals surface area contributed by atoms with Gasteiger partial charge in [-0.1, -0.05) is 13.8 Å². The third-order valence-electron chi connectivity index (χ3n) is 3.33. The highest BCUT2D eigenvalue weighted by atomic mass is 32.2. The van der Waals surface area contributed by atoms with Gasteiger partial charge in [-0.25, -0.2) is 0 Å². The molecular formula is C9H16OS. The maximum atomic E-state index is 11.6. The Kier molecular flexibility index (Phi) is 1.73. The standard InChI is InChI=1S/C9H16OS/c1-9(2)5-3-7-4-6-11(10)8(7)9/h7-8H,3-6H2,1-2H3. The van der Waals surface area contributed by atoms with Gasteiger partial charge in [-0.15, -0.1) is 0 Å². The van der Waals surface area contributed by atoms with Crippen LogP contribution in [0.1, 0.15) is 33.1 Å². The van der Waals surface area contributed by atoms with E-state index in [1.54, 1.807) is 0 Å². The molecule has 0 aromatic heterocycles. The molecule has 11 heavy (non-hydrogen) atoms. The van der Waals surface area contributed by atoms with E-state index in [-0.39, 0.29) is 0 Å². The molecule has 1 saturated carbocycles. The summed E-state index contributed by atoms with van der Waals surface area (Å²) in [6.45, 7) is 4.56. The van der Waals surface area contributed by atoms with E-state index in [2.05, 4.69) is 13.8 Å². The molecule has 1 aliphatic heterocycles. The van der Waals surface area contributed by atoms with E-state index in [1.807, 2.05) is 0 Å². The van der Waals surface area contributed by atoms with Crippen LogP contribution in [-0.4, -0.2) is 15.6 Å².